The number of hydrogen-bond acceptors (Lipinski definition) is 2. The second-order valence-electron chi connectivity index (χ2n) is 6.72. The van der Waals surface area contributed by atoms with E-state index in [2.05, 4.69) is 10.1 Å². The monoisotopic (exact) mass is 249 g/mol. The molecule has 0 aromatic carbocycles. The summed E-state index contributed by atoms with van der Waals surface area (Å²) in [6.07, 6.45) is 1.66. The van der Waals surface area contributed by atoms with Gasteiger partial charge in [0.25, 0.3) is 0 Å². The van der Waals surface area contributed by atoms with Crippen molar-refractivity contribution >= 4 is 5.65 Å². The molecule has 3 nitrogen and oxygen atoms in total. The molecule has 0 amide bonds. The Morgan fingerprint density at radius 3 is 2.17 bits per heavy atom. The van der Waals surface area contributed by atoms with Crippen molar-refractivity contribution in [1.82, 2.24) is 14.6 Å². The van der Waals surface area contributed by atoms with E-state index >= 15 is 0 Å². The molecular formula is C14H20FN3. The summed E-state index contributed by atoms with van der Waals surface area (Å²) < 4.78 is 16.4. The molecule has 4 heteroatoms. The van der Waals surface area contributed by atoms with E-state index in [1.54, 1.807) is 10.7 Å². The van der Waals surface area contributed by atoms with Gasteiger partial charge >= 0.3 is 0 Å². The molecule has 2 aromatic heterocycles. The van der Waals surface area contributed by atoms with Gasteiger partial charge in [-0.2, -0.15) is 5.10 Å². The van der Waals surface area contributed by atoms with Crippen molar-refractivity contribution in [2.24, 2.45) is 0 Å². The van der Waals surface area contributed by atoms with Crippen molar-refractivity contribution in [3.63, 3.8) is 0 Å². The molecule has 0 N–H and O–H groups in total. The zero-order valence-electron chi connectivity index (χ0n) is 11.9. The van der Waals surface area contributed by atoms with Gasteiger partial charge < -0.3 is 0 Å². The van der Waals surface area contributed by atoms with Crippen LogP contribution in [0.4, 0.5) is 4.39 Å². The van der Waals surface area contributed by atoms with E-state index in [9.17, 15) is 4.39 Å². The van der Waals surface area contributed by atoms with Gasteiger partial charge in [0.1, 0.15) is 0 Å². The van der Waals surface area contributed by atoms with E-state index in [1.165, 1.54) is 0 Å². The van der Waals surface area contributed by atoms with Crippen LogP contribution < -0.4 is 0 Å². The molecule has 0 aliphatic rings. The molecule has 0 atom stereocenters. The Morgan fingerprint density at radius 2 is 1.67 bits per heavy atom. The third-order valence-corrected chi connectivity index (χ3v) is 2.90. The van der Waals surface area contributed by atoms with Crippen LogP contribution in [0.15, 0.2) is 12.3 Å². The molecular weight excluding hydrogens is 229 g/mol. The minimum atomic E-state index is -0.323. The number of aromatic nitrogens is 3. The van der Waals surface area contributed by atoms with Gasteiger partial charge in [-0.3, -0.25) is 0 Å². The fourth-order valence-electron chi connectivity index (χ4n) is 2.07. The van der Waals surface area contributed by atoms with Crippen LogP contribution in [0.2, 0.25) is 0 Å². The van der Waals surface area contributed by atoms with Gasteiger partial charge in [0.15, 0.2) is 11.5 Å². The molecule has 0 fully saturated rings. The van der Waals surface area contributed by atoms with Crippen molar-refractivity contribution < 1.29 is 4.39 Å². The van der Waals surface area contributed by atoms with Crippen molar-refractivity contribution in [3.05, 3.63) is 29.5 Å². The number of fused-ring (bicyclic) bond motifs is 1. The molecule has 0 aliphatic heterocycles. The quantitative estimate of drug-likeness (QED) is 0.715. The lowest BCUT2D eigenvalue weighted by Gasteiger charge is -2.25. The van der Waals surface area contributed by atoms with E-state index in [-0.39, 0.29) is 16.6 Å². The fraction of sp³-hybridized carbons (Fsp3) is 0.571. The molecule has 2 rings (SSSR count). The maximum absolute atomic E-state index is 14.7. The SMILES string of the molecule is CC(C)(C)c1nc2ccnn2c(C(C)(C)C)c1F. The van der Waals surface area contributed by atoms with Crippen molar-refractivity contribution in [2.45, 2.75) is 52.4 Å². The van der Waals surface area contributed by atoms with Gasteiger partial charge in [-0.15, -0.1) is 0 Å². The average Bonchev–Trinajstić information content (AvgIpc) is 2.59. The van der Waals surface area contributed by atoms with E-state index in [0.717, 1.165) is 0 Å². The molecule has 0 aliphatic carbocycles. The van der Waals surface area contributed by atoms with Gasteiger partial charge in [0, 0.05) is 16.9 Å². The molecule has 0 spiro atoms. The van der Waals surface area contributed by atoms with Crippen LogP contribution in [-0.4, -0.2) is 14.6 Å². The zero-order chi connectivity index (χ0) is 13.7. The Labute approximate surface area is 107 Å². The highest BCUT2D eigenvalue weighted by Gasteiger charge is 2.30. The number of halogens is 1. The van der Waals surface area contributed by atoms with Crippen LogP contribution in [0.25, 0.3) is 5.65 Å². The minimum absolute atomic E-state index is 0.244. The van der Waals surface area contributed by atoms with Crippen LogP contribution in [0, 0.1) is 5.82 Å². The van der Waals surface area contributed by atoms with Crippen molar-refractivity contribution in [3.8, 4) is 0 Å². The highest BCUT2D eigenvalue weighted by molar-refractivity contribution is 5.42. The molecule has 0 bridgehead atoms. The second kappa shape index (κ2) is 3.77. The first kappa shape index (κ1) is 13.0. The van der Waals surface area contributed by atoms with Crippen LogP contribution in [0.5, 0.6) is 0 Å². The van der Waals surface area contributed by atoms with Gasteiger partial charge in [0.2, 0.25) is 0 Å². The summed E-state index contributed by atoms with van der Waals surface area (Å²) in [6.45, 7) is 11.9. The maximum atomic E-state index is 14.7. The third-order valence-electron chi connectivity index (χ3n) is 2.90. The Morgan fingerprint density at radius 1 is 1.06 bits per heavy atom. The summed E-state index contributed by atoms with van der Waals surface area (Å²) >= 11 is 0. The van der Waals surface area contributed by atoms with E-state index in [4.69, 9.17) is 0 Å². The Bertz CT molecular complexity index is 585. The predicted octanol–water partition coefficient (Wildman–Crippen LogP) is 3.46. The summed E-state index contributed by atoms with van der Waals surface area (Å²) in [5.41, 5.74) is 1.14. The van der Waals surface area contributed by atoms with E-state index in [1.807, 2.05) is 47.6 Å². The smallest absolute Gasteiger partial charge is 0.167 e. The lowest BCUT2D eigenvalue weighted by Crippen LogP contribution is -2.25. The maximum Gasteiger partial charge on any atom is 0.167 e. The summed E-state index contributed by atoms with van der Waals surface area (Å²) in [5, 5.41) is 4.18. The van der Waals surface area contributed by atoms with Crippen LogP contribution in [0.3, 0.4) is 0 Å². The fourth-order valence-corrected chi connectivity index (χ4v) is 2.07. The zero-order valence-corrected chi connectivity index (χ0v) is 11.9. The molecule has 98 valence electrons. The lowest BCUT2D eigenvalue weighted by atomic mass is 9.86. The standard InChI is InChI=1S/C14H20FN3/c1-13(2,3)11-10(15)12(14(4,5)6)18-9(17-11)7-8-16-18/h7-8H,1-6H3. The van der Waals surface area contributed by atoms with Crippen LogP contribution in [0.1, 0.15) is 52.9 Å². The third kappa shape index (κ3) is 2.00. The van der Waals surface area contributed by atoms with Crippen LogP contribution in [-0.2, 0) is 10.8 Å². The average molecular weight is 249 g/mol. The first-order valence-corrected chi connectivity index (χ1v) is 6.16. The number of nitrogens with zero attached hydrogens (tertiary/aromatic N) is 3. The molecule has 0 saturated carbocycles. The molecule has 0 radical (unpaired) electrons. The largest absolute Gasteiger partial charge is 0.230 e. The van der Waals surface area contributed by atoms with E-state index < -0.39 is 0 Å². The van der Waals surface area contributed by atoms with E-state index in [0.29, 0.717) is 17.0 Å². The summed E-state index contributed by atoms with van der Waals surface area (Å²) in [4.78, 5) is 4.41. The molecule has 0 unspecified atom stereocenters. The van der Waals surface area contributed by atoms with Gasteiger partial charge in [-0.05, 0) is 0 Å². The summed E-state index contributed by atoms with van der Waals surface area (Å²) in [5.74, 6) is -0.244. The van der Waals surface area contributed by atoms with Gasteiger partial charge in [0.05, 0.1) is 17.6 Å². The number of hydrogen-bond donors (Lipinski definition) is 0. The van der Waals surface area contributed by atoms with Gasteiger partial charge in [-0.25, -0.2) is 13.9 Å². The molecule has 2 aromatic rings. The lowest BCUT2D eigenvalue weighted by molar-refractivity contribution is 0.444. The van der Waals surface area contributed by atoms with Gasteiger partial charge in [-0.1, -0.05) is 41.5 Å². The minimum Gasteiger partial charge on any atom is -0.230 e. The topological polar surface area (TPSA) is 30.2 Å². The first-order chi connectivity index (χ1) is 8.12. The highest BCUT2D eigenvalue weighted by Crippen LogP contribution is 2.31. The molecule has 0 saturated heterocycles. The molecule has 18 heavy (non-hydrogen) atoms. The Kier molecular flexibility index (Phi) is 2.72. The van der Waals surface area contributed by atoms with Crippen molar-refractivity contribution in [2.75, 3.05) is 0 Å². The number of rotatable bonds is 0. The molecule has 2 heterocycles. The Hall–Kier alpha value is -1.45. The normalized spacial score (nSPS) is 13.3. The Balaban J connectivity index is 2.89. The first-order valence-electron chi connectivity index (χ1n) is 6.16. The summed E-state index contributed by atoms with van der Waals surface area (Å²) in [7, 11) is 0. The predicted molar refractivity (Wildman–Crippen MR) is 70.3 cm³/mol. The summed E-state index contributed by atoms with van der Waals surface area (Å²) in [6, 6.07) is 1.81. The highest BCUT2D eigenvalue weighted by atomic mass is 19.1. The van der Waals surface area contributed by atoms with Crippen molar-refractivity contribution in [1.29, 1.82) is 0 Å². The van der Waals surface area contributed by atoms with Crippen LogP contribution >= 0.6 is 0 Å². The second-order valence-corrected chi connectivity index (χ2v) is 6.72.